The third-order valence-electron chi connectivity index (χ3n) is 4.37. The standard InChI is InChI=1S/C20H20ClN3O2/c1-3-17(13-9-11-14(21)12-10-13)22-19(25)18-15-7-5-6-8-16(15)20(26)24(4-2)23-18/h5-12,17H,3-4H2,1-2H3,(H,22,25). The maximum atomic E-state index is 12.9. The molecule has 3 rings (SSSR count). The maximum absolute atomic E-state index is 12.9. The largest absolute Gasteiger partial charge is 0.344 e. The zero-order valence-electron chi connectivity index (χ0n) is 14.7. The number of nitrogens with zero attached hydrogens (tertiary/aromatic N) is 2. The van der Waals surface area contributed by atoms with E-state index < -0.39 is 0 Å². The smallest absolute Gasteiger partial charge is 0.274 e. The zero-order chi connectivity index (χ0) is 18.7. The van der Waals surface area contributed by atoms with Crippen molar-refractivity contribution in [2.75, 3.05) is 0 Å². The van der Waals surface area contributed by atoms with E-state index in [0.717, 1.165) is 12.0 Å². The van der Waals surface area contributed by atoms with Crippen LogP contribution in [0.3, 0.4) is 0 Å². The second kappa shape index (κ2) is 7.70. The van der Waals surface area contributed by atoms with Crippen molar-refractivity contribution in [2.24, 2.45) is 0 Å². The molecule has 1 aromatic heterocycles. The van der Waals surface area contributed by atoms with E-state index in [1.807, 2.05) is 26.0 Å². The van der Waals surface area contributed by atoms with Crippen molar-refractivity contribution in [1.82, 2.24) is 15.1 Å². The molecule has 26 heavy (non-hydrogen) atoms. The average molecular weight is 370 g/mol. The van der Waals surface area contributed by atoms with E-state index in [4.69, 9.17) is 11.6 Å². The van der Waals surface area contributed by atoms with Crippen LogP contribution in [0.25, 0.3) is 10.8 Å². The topological polar surface area (TPSA) is 64.0 Å². The fraction of sp³-hybridized carbons (Fsp3) is 0.250. The molecule has 0 aliphatic carbocycles. The van der Waals surface area contributed by atoms with Crippen LogP contribution in [-0.4, -0.2) is 15.7 Å². The van der Waals surface area contributed by atoms with Gasteiger partial charge in [0.05, 0.1) is 11.4 Å². The number of halogens is 1. The van der Waals surface area contributed by atoms with Crippen molar-refractivity contribution < 1.29 is 4.79 Å². The van der Waals surface area contributed by atoms with E-state index in [9.17, 15) is 9.59 Å². The molecule has 0 aliphatic rings. The van der Waals surface area contributed by atoms with Gasteiger partial charge in [-0.1, -0.05) is 48.9 Å². The highest BCUT2D eigenvalue weighted by atomic mass is 35.5. The van der Waals surface area contributed by atoms with Gasteiger partial charge in [-0.25, -0.2) is 4.68 Å². The minimum absolute atomic E-state index is 0.165. The van der Waals surface area contributed by atoms with Gasteiger partial charge in [0.2, 0.25) is 0 Å². The molecule has 1 amide bonds. The number of hydrogen-bond donors (Lipinski definition) is 1. The highest BCUT2D eigenvalue weighted by Crippen LogP contribution is 2.21. The van der Waals surface area contributed by atoms with Crippen molar-refractivity contribution in [3.8, 4) is 0 Å². The molecule has 1 atom stereocenters. The molecule has 0 saturated carbocycles. The summed E-state index contributed by atoms with van der Waals surface area (Å²) in [4.78, 5) is 25.4. The number of aromatic nitrogens is 2. The molecule has 6 heteroatoms. The number of nitrogens with one attached hydrogen (secondary N) is 1. The van der Waals surface area contributed by atoms with Crippen LogP contribution in [0.1, 0.15) is 42.4 Å². The predicted octanol–water partition coefficient (Wildman–Crippen LogP) is 3.95. The first-order chi connectivity index (χ1) is 12.5. The molecule has 1 heterocycles. The summed E-state index contributed by atoms with van der Waals surface area (Å²) in [6.07, 6.45) is 0.721. The molecule has 1 N–H and O–H groups in total. The van der Waals surface area contributed by atoms with Crippen LogP contribution < -0.4 is 10.9 Å². The fourth-order valence-corrected chi connectivity index (χ4v) is 3.09. The first-order valence-electron chi connectivity index (χ1n) is 8.61. The van der Waals surface area contributed by atoms with Gasteiger partial charge in [0.15, 0.2) is 5.69 Å². The van der Waals surface area contributed by atoms with Crippen LogP contribution in [0.4, 0.5) is 0 Å². The van der Waals surface area contributed by atoms with Gasteiger partial charge in [0.25, 0.3) is 11.5 Å². The van der Waals surface area contributed by atoms with Gasteiger partial charge >= 0.3 is 0 Å². The first-order valence-corrected chi connectivity index (χ1v) is 8.99. The van der Waals surface area contributed by atoms with Gasteiger partial charge in [-0.05, 0) is 37.1 Å². The lowest BCUT2D eigenvalue weighted by molar-refractivity contribution is 0.0930. The van der Waals surface area contributed by atoms with E-state index >= 15 is 0 Å². The third kappa shape index (κ3) is 3.48. The SMILES string of the molecule is CCC(NC(=O)c1nn(CC)c(=O)c2ccccc12)c1ccc(Cl)cc1. The summed E-state index contributed by atoms with van der Waals surface area (Å²) >= 11 is 5.95. The number of carbonyl (C=O) groups is 1. The number of fused-ring (bicyclic) bond motifs is 1. The van der Waals surface area contributed by atoms with Crippen LogP contribution in [0.2, 0.25) is 5.02 Å². The second-order valence-corrected chi connectivity index (χ2v) is 6.44. The normalized spacial score (nSPS) is 12.1. The summed E-state index contributed by atoms with van der Waals surface area (Å²) in [5.41, 5.74) is 1.04. The van der Waals surface area contributed by atoms with E-state index in [1.54, 1.807) is 36.4 Å². The Balaban J connectivity index is 2.00. The second-order valence-electron chi connectivity index (χ2n) is 6.00. The summed E-state index contributed by atoms with van der Waals surface area (Å²) in [6.45, 7) is 4.23. The van der Waals surface area contributed by atoms with E-state index in [1.165, 1.54) is 4.68 Å². The number of hydrogen-bond acceptors (Lipinski definition) is 3. The summed E-state index contributed by atoms with van der Waals surface area (Å²) < 4.78 is 1.32. The number of amides is 1. The Kier molecular flexibility index (Phi) is 5.38. The lowest BCUT2D eigenvalue weighted by Crippen LogP contribution is -2.32. The number of carbonyl (C=O) groups excluding carboxylic acids is 1. The Bertz CT molecular complexity index is 996. The van der Waals surface area contributed by atoms with Crippen LogP contribution >= 0.6 is 11.6 Å². The van der Waals surface area contributed by atoms with Crippen molar-refractivity contribution >= 4 is 28.3 Å². The lowest BCUT2D eigenvalue weighted by atomic mass is 10.0. The number of rotatable bonds is 5. The van der Waals surface area contributed by atoms with Crippen molar-refractivity contribution in [2.45, 2.75) is 32.9 Å². The first kappa shape index (κ1) is 18.1. The summed E-state index contributed by atoms with van der Waals surface area (Å²) in [7, 11) is 0. The summed E-state index contributed by atoms with van der Waals surface area (Å²) in [5.74, 6) is -0.301. The zero-order valence-corrected chi connectivity index (χ0v) is 15.5. The van der Waals surface area contributed by atoms with Gasteiger partial charge in [-0.3, -0.25) is 9.59 Å². The van der Waals surface area contributed by atoms with Gasteiger partial charge in [-0.15, -0.1) is 0 Å². The quantitative estimate of drug-likeness (QED) is 0.740. The van der Waals surface area contributed by atoms with Crippen LogP contribution in [0.5, 0.6) is 0 Å². The molecule has 2 aromatic carbocycles. The molecular formula is C20H20ClN3O2. The molecule has 5 nitrogen and oxygen atoms in total. The Labute approximate surface area is 156 Å². The number of aryl methyl sites for hydroxylation is 1. The minimum atomic E-state index is -0.301. The van der Waals surface area contributed by atoms with E-state index in [-0.39, 0.29) is 23.2 Å². The lowest BCUT2D eigenvalue weighted by Gasteiger charge is -2.18. The molecule has 0 radical (unpaired) electrons. The van der Waals surface area contributed by atoms with Crippen molar-refractivity contribution in [3.63, 3.8) is 0 Å². The Morgan fingerprint density at radius 3 is 2.38 bits per heavy atom. The Morgan fingerprint density at radius 1 is 1.12 bits per heavy atom. The molecule has 0 saturated heterocycles. The van der Waals surface area contributed by atoms with E-state index in [0.29, 0.717) is 22.3 Å². The van der Waals surface area contributed by atoms with Gasteiger partial charge in [-0.2, -0.15) is 5.10 Å². The molecule has 0 spiro atoms. The third-order valence-corrected chi connectivity index (χ3v) is 4.62. The monoisotopic (exact) mass is 369 g/mol. The molecule has 0 bridgehead atoms. The Hall–Kier alpha value is -2.66. The summed E-state index contributed by atoms with van der Waals surface area (Å²) in [6, 6.07) is 14.3. The molecule has 0 fully saturated rings. The van der Waals surface area contributed by atoms with Gasteiger partial charge < -0.3 is 5.32 Å². The highest BCUT2D eigenvalue weighted by Gasteiger charge is 2.19. The molecule has 134 valence electrons. The average Bonchev–Trinajstić information content (AvgIpc) is 2.67. The predicted molar refractivity (Wildman–Crippen MR) is 104 cm³/mol. The van der Waals surface area contributed by atoms with Gasteiger partial charge in [0, 0.05) is 17.0 Å². The highest BCUT2D eigenvalue weighted by molar-refractivity contribution is 6.30. The Morgan fingerprint density at radius 2 is 1.77 bits per heavy atom. The van der Waals surface area contributed by atoms with Crippen molar-refractivity contribution in [3.05, 3.63) is 75.2 Å². The minimum Gasteiger partial charge on any atom is -0.344 e. The number of benzene rings is 2. The van der Waals surface area contributed by atoms with Crippen LogP contribution in [-0.2, 0) is 6.54 Å². The van der Waals surface area contributed by atoms with Crippen molar-refractivity contribution in [1.29, 1.82) is 0 Å². The summed E-state index contributed by atoms with van der Waals surface area (Å²) in [5, 5.41) is 9.01. The van der Waals surface area contributed by atoms with E-state index in [2.05, 4.69) is 10.4 Å². The molecule has 0 aliphatic heterocycles. The van der Waals surface area contributed by atoms with Gasteiger partial charge in [0.1, 0.15) is 0 Å². The van der Waals surface area contributed by atoms with Crippen LogP contribution in [0, 0.1) is 0 Å². The fourth-order valence-electron chi connectivity index (χ4n) is 2.96. The van der Waals surface area contributed by atoms with Crippen LogP contribution in [0.15, 0.2) is 53.3 Å². The molecular weight excluding hydrogens is 350 g/mol. The molecule has 3 aromatic rings. The maximum Gasteiger partial charge on any atom is 0.274 e. The molecule has 1 unspecified atom stereocenters.